The molecule has 0 aliphatic heterocycles. The maximum atomic E-state index is 13.9. The molecule has 0 spiro atoms. The van der Waals surface area contributed by atoms with Gasteiger partial charge < -0.3 is 21.1 Å². The van der Waals surface area contributed by atoms with Crippen LogP contribution in [-0.2, 0) is 16.1 Å². The molecule has 0 aliphatic carbocycles. The smallest absolute Gasteiger partial charge is 0.411 e. The van der Waals surface area contributed by atoms with E-state index in [1.807, 2.05) is 30.3 Å². The van der Waals surface area contributed by atoms with Gasteiger partial charge in [0.25, 0.3) is 0 Å². The van der Waals surface area contributed by atoms with Crippen LogP contribution in [0.4, 0.5) is 35.9 Å². The van der Waals surface area contributed by atoms with Gasteiger partial charge in [0.1, 0.15) is 23.3 Å². The maximum absolute atomic E-state index is 13.9. The molecule has 9 nitrogen and oxygen atoms in total. The third-order valence-electron chi connectivity index (χ3n) is 5.64. The number of thiazole rings is 1. The number of anilines is 4. The van der Waals surface area contributed by atoms with Crippen LogP contribution in [0, 0.1) is 11.6 Å². The fourth-order valence-corrected chi connectivity index (χ4v) is 4.61. The number of nitrogens with one attached hydrogen (secondary N) is 1. The molecule has 5 N–H and O–H groups in total. The number of carbonyl (C=O) groups excluding carboxylic acids is 3. The third-order valence-corrected chi connectivity index (χ3v) is 6.71. The first-order valence-corrected chi connectivity index (χ1v) is 12.4. The van der Waals surface area contributed by atoms with Crippen molar-refractivity contribution in [3.63, 3.8) is 0 Å². The number of amides is 2. The summed E-state index contributed by atoms with van der Waals surface area (Å²) >= 11 is 0.867. The van der Waals surface area contributed by atoms with Gasteiger partial charge in [-0.1, -0.05) is 41.7 Å². The number of hydrogen-bond acceptors (Lipinski definition) is 8. The number of carbonyl (C=O) groups is 3. The molecule has 4 rings (SSSR count). The van der Waals surface area contributed by atoms with Gasteiger partial charge in [0.15, 0.2) is 16.8 Å². The summed E-state index contributed by atoms with van der Waals surface area (Å²) < 4.78 is 32.6. The maximum Gasteiger partial charge on any atom is 0.411 e. The molecule has 3 aromatic carbocycles. The van der Waals surface area contributed by atoms with Gasteiger partial charge in [0.05, 0.1) is 0 Å². The first-order chi connectivity index (χ1) is 18.6. The number of hydrogen-bond donors (Lipinski definition) is 3. The van der Waals surface area contributed by atoms with E-state index in [0.29, 0.717) is 5.69 Å². The van der Waals surface area contributed by atoms with Crippen LogP contribution in [0.5, 0.6) is 0 Å². The van der Waals surface area contributed by atoms with Gasteiger partial charge in [-0.15, -0.1) is 0 Å². The van der Waals surface area contributed by atoms with Crippen LogP contribution in [0.25, 0.3) is 0 Å². The van der Waals surface area contributed by atoms with Crippen LogP contribution in [0.3, 0.4) is 0 Å². The number of aromatic nitrogens is 1. The minimum absolute atomic E-state index is 0.0669. The summed E-state index contributed by atoms with van der Waals surface area (Å²) in [6.07, 6.45) is -0.657. The molecule has 0 saturated carbocycles. The van der Waals surface area contributed by atoms with Crippen molar-refractivity contribution in [1.82, 2.24) is 4.98 Å². The van der Waals surface area contributed by atoms with Gasteiger partial charge in [-0.3, -0.25) is 14.9 Å². The fourth-order valence-electron chi connectivity index (χ4n) is 3.56. The van der Waals surface area contributed by atoms with E-state index in [0.717, 1.165) is 29.0 Å². The quantitative estimate of drug-likeness (QED) is 0.249. The molecule has 1 aromatic heterocycles. The monoisotopic (exact) mass is 551 g/mol. The summed E-state index contributed by atoms with van der Waals surface area (Å²) in [6, 6.07) is 17.3. The van der Waals surface area contributed by atoms with Gasteiger partial charge in [-0.25, -0.2) is 18.6 Å². The van der Waals surface area contributed by atoms with Crippen LogP contribution in [0.1, 0.15) is 27.7 Å². The first kappa shape index (κ1) is 27.2. The molecule has 200 valence electrons. The van der Waals surface area contributed by atoms with E-state index in [1.54, 1.807) is 0 Å². The van der Waals surface area contributed by atoms with E-state index in [2.05, 4.69) is 10.3 Å². The molecule has 1 atom stereocenters. The lowest BCUT2D eigenvalue weighted by atomic mass is 10.1. The molecule has 0 saturated heterocycles. The van der Waals surface area contributed by atoms with Gasteiger partial charge in [0, 0.05) is 23.0 Å². The van der Waals surface area contributed by atoms with Gasteiger partial charge in [-0.2, -0.15) is 0 Å². The standard InChI is InChI=1S/C27H23F2N5O4S/c1-15(25(31)36)34(19-11-12-20(28)21(29)13-19)26-33-24(30)23(39-26)22(35)17-7-9-18(10-8-17)32-27(37)38-14-16-5-3-2-4-6-16/h2-13,15H,14,30H2,1H3,(H2,31,36)(H,32,37)/t15-/m1/s1. The van der Waals surface area contributed by atoms with E-state index in [9.17, 15) is 23.2 Å². The number of rotatable bonds is 9. The highest BCUT2D eigenvalue weighted by atomic mass is 32.1. The molecule has 1 heterocycles. The highest BCUT2D eigenvalue weighted by Gasteiger charge is 2.28. The second-order valence-corrected chi connectivity index (χ2v) is 9.33. The van der Waals surface area contributed by atoms with Crippen molar-refractivity contribution in [1.29, 1.82) is 0 Å². The summed E-state index contributed by atoms with van der Waals surface area (Å²) in [4.78, 5) is 42.8. The van der Waals surface area contributed by atoms with Crippen molar-refractivity contribution < 1.29 is 27.9 Å². The number of nitrogens with two attached hydrogens (primary N) is 2. The highest BCUT2D eigenvalue weighted by molar-refractivity contribution is 7.18. The Morgan fingerprint density at radius 3 is 2.36 bits per heavy atom. The van der Waals surface area contributed by atoms with Gasteiger partial charge in [-0.05, 0) is 48.9 Å². The molecule has 0 aliphatic rings. The molecule has 0 radical (unpaired) electrons. The van der Waals surface area contributed by atoms with Crippen LogP contribution in [0.15, 0.2) is 72.8 Å². The Morgan fingerprint density at radius 1 is 1.03 bits per heavy atom. The molecule has 0 unspecified atom stereocenters. The van der Waals surface area contributed by atoms with Crippen LogP contribution in [-0.4, -0.2) is 28.8 Å². The fraction of sp³-hybridized carbons (Fsp3) is 0.111. The van der Waals surface area contributed by atoms with Crippen LogP contribution in [0.2, 0.25) is 0 Å². The zero-order chi connectivity index (χ0) is 28.1. The first-order valence-electron chi connectivity index (χ1n) is 11.6. The number of nitrogen functional groups attached to an aromatic ring is 1. The van der Waals surface area contributed by atoms with Crippen LogP contribution >= 0.6 is 11.3 Å². The van der Waals surface area contributed by atoms with Crippen LogP contribution < -0.4 is 21.7 Å². The van der Waals surface area contributed by atoms with E-state index in [-0.39, 0.29) is 33.7 Å². The van der Waals surface area contributed by atoms with Gasteiger partial charge >= 0.3 is 6.09 Å². The predicted octanol–water partition coefficient (Wildman–Crippen LogP) is 5.00. The number of nitrogens with zero attached hydrogens (tertiary/aromatic N) is 2. The number of ether oxygens (including phenoxy) is 1. The van der Waals surface area contributed by atoms with Crippen molar-refractivity contribution in [3.8, 4) is 0 Å². The minimum Gasteiger partial charge on any atom is -0.444 e. The Balaban J connectivity index is 1.50. The van der Waals surface area contributed by atoms with E-state index >= 15 is 0 Å². The summed E-state index contributed by atoms with van der Waals surface area (Å²) in [5.41, 5.74) is 13.1. The van der Waals surface area contributed by atoms with Crippen molar-refractivity contribution in [3.05, 3.63) is 100 Å². The molecule has 0 bridgehead atoms. The number of halogens is 2. The summed E-state index contributed by atoms with van der Waals surface area (Å²) in [6.45, 7) is 1.56. The second kappa shape index (κ2) is 11.7. The Bertz CT molecular complexity index is 1510. The average Bonchev–Trinajstić information content (AvgIpc) is 3.30. The summed E-state index contributed by atoms with van der Waals surface area (Å²) in [5.74, 6) is -3.54. The second-order valence-electron chi connectivity index (χ2n) is 8.35. The SMILES string of the molecule is C[C@H](C(N)=O)N(c1ccc(F)c(F)c1)c1nc(N)c(C(=O)c2ccc(NC(=O)OCc3ccccc3)cc2)s1. The lowest BCUT2D eigenvalue weighted by Crippen LogP contribution is -2.40. The lowest BCUT2D eigenvalue weighted by Gasteiger charge is -2.26. The van der Waals surface area contributed by atoms with Gasteiger partial charge in [0.2, 0.25) is 11.7 Å². The summed E-state index contributed by atoms with van der Waals surface area (Å²) in [5, 5.41) is 2.67. The number of benzene rings is 3. The van der Waals surface area contributed by atoms with E-state index in [4.69, 9.17) is 16.2 Å². The predicted molar refractivity (Wildman–Crippen MR) is 144 cm³/mol. The highest BCUT2D eigenvalue weighted by Crippen LogP contribution is 2.36. The Hall–Kier alpha value is -4.84. The third kappa shape index (κ3) is 6.36. The van der Waals surface area contributed by atoms with Crippen molar-refractivity contribution >= 4 is 51.4 Å². The van der Waals surface area contributed by atoms with Crippen molar-refractivity contribution in [2.75, 3.05) is 16.0 Å². The Kier molecular flexibility index (Phi) is 8.15. The van der Waals surface area contributed by atoms with Crippen molar-refractivity contribution in [2.45, 2.75) is 19.6 Å². The lowest BCUT2D eigenvalue weighted by molar-refractivity contribution is -0.118. The zero-order valence-corrected chi connectivity index (χ0v) is 21.4. The molecular formula is C27H23F2N5O4S. The molecule has 2 amide bonds. The number of ketones is 1. The number of primary amides is 1. The van der Waals surface area contributed by atoms with E-state index in [1.165, 1.54) is 42.2 Å². The molecule has 0 fully saturated rings. The Morgan fingerprint density at radius 2 is 1.72 bits per heavy atom. The van der Waals surface area contributed by atoms with Crippen molar-refractivity contribution in [2.24, 2.45) is 5.73 Å². The topological polar surface area (TPSA) is 141 Å². The molecular weight excluding hydrogens is 528 g/mol. The largest absolute Gasteiger partial charge is 0.444 e. The molecule has 4 aromatic rings. The van der Waals surface area contributed by atoms with E-state index < -0.39 is 35.5 Å². The normalized spacial score (nSPS) is 11.5. The molecule has 39 heavy (non-hydrogen) atoms. The average molecular weight is 552 g/mol. The Labute approximate surface area is 226 Å². The summed E-state index contributed by atoms with van der Waals surface area (Å²) in [7, 11) is 0. The minimum atomic E-state index is -1.13. The molecule has 12 heteroatoms. The zero-order valence-electron chi connectivity index (χ0n) is 20.6.